The van der Waals surface area contributed by atoms with E-state index in [2.05, 4.69) is 20.8 Å². The Hall–Kier alpha value is -1.51. The lowest BCUT2D eigenvalue weighted by Gasteiger charge is -2.29. The highest BCUT2D eigenvalue weighted by Gasteiger charge is 2.45. The molecule has 1 saturated carbocycles. The molecule has 3 nitrogen and oxygen atoms in total. The number of benzene rings is 1. The lowest BCUT2D eigenvalue weighted by atomic mass is 9.75. The van der Waals surface area contributed by atoms with Gasteiger partial charge in [0.05, 0.1) is 12.5 Å². The Morgan fingerprint density at radius 2 is 1.85 bits per heavy atom. The molecule has 20 heavy (non-hydrogen) atoms. The minimum atomic E-state index is -0.771. The highest BCUT2D eigenvalue weighted by molar-refractivity contribution is 5.83. The molecule has 1 aliphatic rings. The third-order valence-corrected chi connectivity index (χ3v) is 4.45. The van der Waals surface area contributed by atoms with Crippen molar-refractivity contribution in [2.45, 2.75) is 57.3 Å². The molecule has 2 rings (SSSR count). The van der Waals surface area contributed by atoms with Crippen molar-refractivity contribution in [2.75, 3.05) is 7.11 Å². The van der Waals surface area contributed by atoms with Crippen LogP contribution in [0.3, 0.4) is 0 Å². The van der Waals surface area contributed by atoms with Crippen molar-refractivity contribution in [2.24, 2.45) is 0 Å². The summed E-state index contributed by atoms with van der Waals surface area (Å²) in [5.41, 5.74) is 1.23. The number of ether oxygens (including phenoxy) is 1. The zero-order valence-corrected chi connectivity index (χ0v) is 12.8. The molecule has 0 radical (unpaired) electrons. The summed E-state index contributed by atoms with van der Waals surface area (Å²) >= 11 is 0. The van der Waals surface area contributed by atoms with Crippen LogP contribution in [0.4, 0.5) is 0 Å². The molecule has 0 spiro atoms. The van der Waals surface area contributed by atoms with Gasteiger partial charge in [-0.05, 0) is 29.9 Å². The first-order chi connectivity index (χ1) is 9.31. The number of carboxylic acids is 1. The van der Waals surface area contributed by atoms with Gasteiger partial charge in [0.25, 0.3) is 0 Å². The van der Waals surface area contributed by atoms with Crippen LogP contribution < -0.4 is 4.74 Å². The van der Waals surface area contributed by atoms with Gasteiger partial charge < -0.3 is 9.84 Å². The molecular weight excluding hydrogens is 252 g/mol. The number of carbonyl (C=O) groups is 1. The van der Waals surface area contributed by atoms with Crippen molar-refractivity contribution < 1.29 is 14.6 Å². The van der Waals surface area contributed by atoms with Gasteiger partial charge in [0, 0.05) is 5.56 Å². The van der Waals surface area contributed by atoms with E-state index in [9.17, 15) is 9.90 Å². The number of rotatable bonds is 3. The lowest BCUT2D eigenvalue weighted by Crippen LogP contribution is -2.33. The van der Waals surface area contributed by atoms with E-state index in [1.807, 2.05) is 18.2 Å². The normalized spacial score (nSPS) is 18.0. The fraction of sp³-hybridized carbons (Fsp3) is 0.588. The smallest absolute Gasteiger partial charge is 0.314 e. The molecule has 110 valence electrons. The second-order valence-corrected chi connectivity index (χ2v) is 6.76. The summed E-state index contributed by atoms with van der Waals surface area (Å²) in [6.07, 6.45) is 3.34. The van der Waals surface area contributed by atoms with Gasteiger partial charge in [-0.15, -0.1) is 0 Å². The maximum Gasteiger partial charge on any atom is 0.314 e. The zero-order valence-electron chi connectivity index (χ0n) is 12.8. The SMILES string of the molecule is COc1ccc(C(C)(C)C)cc1C1(C(=O)O)CCCC1. The molecule has 0 bridgehead atoms. The van der Waals surface area contributed by atoms with Gasteiger partial charge in [-0.2, -0.15) is 0 Å². The Morgan fingerprint density at radius 1 is 1.25 bits per heavy atom. The van der Waals surface area contributed by atoms with Crippen LogP contribution in [-0.4, -0.2) is 18.2 Å². The Kier molecular flexibility index (Phi) is 3.81. The molecule has 0 amide bonds. The van der Waals surface area contributed by atoms with E-state index >= 15 is 0 Å². The van der Waals surface area contributed by atoms with Gasteiger partial charge in [-0.1, -0.05) is 45.7 Å². The fourth-order valence-corrected chi connectivity index (χ4v) is 3.13. The molecule has 1 aliphatic carbocycles. The van der Waals surface area contributed by atoms with E-state index in [0.29, 0.717) is 18.6 Å². The number of aliphatic carboxylic acids is 1. The summed E-state index contributed by atoms with van der Waals surface area (Å²) in [5.74, 6) is -0.0262. The largest absolute Gasteiger partial charge is 0.496 e. The van der Waals surface area contributed by atoms with Crippen molar-refractivity contribution in [1.82, 2.24) is 0 Å². The summed E-state index contributed by atoms with van der Waals surface area (Å²) in [5, 5.41) is 9.78. The first kappa shape index (κ1) is 14.9. The molecule has 3 heteroatoms. The Morgan fingerprint density at radius 3 is 2.30 bits per heavy atom. The van der Waals surface area contributed by atoms with Gasteiger partial charge in [0.1, 0.15) is 5.75 Å². The topological polar surface area (TPSA) is 46.5 Å². The van der Waals surface area contributed by atoms with Crippen LogP contribution in [-0.2, 0) is 15.6 Å². The van der Waals surface area contributed by atoms with Crippen LogP contribution in [0.15, 0.2) is 18.2 Å². The molecule has 1 aromatic rings. The molecule has 0 aromatic heterocycles. The van der Waals surface area contributed by atoms with Crippen molar-refractivity contribution in [3.63, 3.8) is 0 Å². The van der Waals surface area contributed by atoms with Crippen molar-refractivity contribution in [1.29, 1.82) is 0 Å². The molecule has 0 heterocycles. The van der Waals surface area contributed by atoms with Gasteiger partial charge in [0.15, 0.2) is 0 Å². The van der Waals surface area contributed by atoms with E-state index in [1.165, 1.54) is 0 Å². The third-order valence-electron chi connectivity index (χ3n) is 4.45. The minimum absolute atomic E-state index is 0.000676. The maximum absolute atomic E-state index is 11.9. The Bertz CT molecular complexity index is 505. The van der Waals surface area contributed by atoms with Crippen LogP contribution in [0.2, 0.25) is 0 Å². The number of hydrogen-bond donors (Lipinski definition) is 1. The zero-order chi connectivity index (χ0) is 15.0. The maximum atomic E-state index is 11.9. The van der Waals surface area contributed by atoms with Crippen LogP contribution in [0.1, 0.15) is 57.6 Å². The average Bonchev–Trinajstić information content (AvgIpc) is 2.87. The average molecular weight is 276 g/mol. The van der Waals surface area contributed by atoms with E-state index in [4.69, 9.17) is 4.74 Å². The summed E-state index contributed by atoms with van der Waals surface area (Å²) in [7, 11) is 1.61. The van der Waals surface area contributed by atoms with E-state index in [1.54, 1.807) is 7.11 Å². The van der Waals surface area contributed by atoms with Gasteiger partial charge in [0.2, 0.25) is 0 Å². The standard InChI is InChI=1S/C17H24O3/c1-16(2,3)12-7-8-14(20-4)13(11-12)17(15(18)19)9-5-6-10-17/h7-8,11H,5-6,9-10H2,1-4H3,(H,18,19). The second kappa shape index (κ2) is 5.12. The summed E-state index contributed by atoms with van der Waals surface area (Å²) in [6.45, 7) is 6.42. The fourth-order valence-electron chi connectivity index (χ4n) is 3.13. The van der Waals surface area contributed by atoms with Gasteiger partial charge in [-0.25, -0.2) is 0 Å². The van der Waals surface area contributed by atoms with E-state index in [0.717, 1.165) is 24.0 Å². The van der Waals surface area contributed by atoms with Crippen LogP contribution >= 0.6 is 0 Å². The molecule has 0 unspecified atom stereocenters. The first-order valence-corrected chi connectivity index (χ1v) is 7.24. The highest BCUT2D eigenvalue weighted by Crippen LogP contribution is 2.46. The molecule has 0 atom stereocenters. The number of carboxylic acid groups (broad SMARTS) is 1. The van der Waals surface area contributed by atoms with Gasteiger partial charge in [-0.3, -0.25) is 4.79 Å². The molecule has 1 aromatic carbocycles. The number of hydrogen-bond acceptors (Lipinski definition) is 2. The van der Waals surface area contributed by atoms with Crippen LogP contribution in [0.5, 0.6) is 5.75 Å². The quantitative estimate of drug-likeness (QED) is 0.911. The molecule has 0 saturated heterocycles. The molecule has 0 aliphatic heterocycles. The summed E-state index contributed by atoms with van der Waals surface area (Å²) in [4.78, 5) is 11.9. The lowest BCUT2D eigenvalue weighted by molar-refractivity contribution is -0.143. The minimum Gasteiger partial charge on any atom is -0.496 e. The van der Waals surface area contributed by atoms with Crippen LogP contribution in [0.25, 0.3) is 0 Å². The predicted octanol–water partition coefficient (Wildman–Crippen LogP) is 3.89. The number of methoxy groups -OCH3 is 1. The van der Waals surface area contributed by atoms with Crippen molar-refractivity contribution >= 4 is 5.97 Å². The molecule has 1 fully saturated rings. The molecule has 1 N–H and O–H groups in total. The van der Waals surface area contributed by atoms with Crippen molar-refractivity contribution in [3.05, 3.63) is 29.3 Å². The third kappa shape index (κ3) is 2.41. The summed E-state index contributed by atoms with van der Waals surface area (Å²) < 4.78 is 5.44. The van der Waals surface area contributed by atoms with E-state index in [-0.39, 0.29) is 5.41 Å². The second-order valence-electron chi connectivity index (χ2n) is 6.76. The monoisotopic (exact) mass is 276 g/mol. The summed E-state index contributed by atoms with van der Waals surface area (Å²) in [6, 6.07) is 5.99. The predicted molar refractivity (Wildman–Crippen MR) is 79.5 cm³/mol. The Labute approximate surface area is 121 Å². The van der Waals surface area contributed by atoms with Gasteiger partial charge >= 0.3 is 5.97 Å². The first-order valence-electron chi connectivity index (χ1n) is 7.24. The Balaban J connectivity index is 2.61. The van der Waals surface area contributed by atoms with Crippen molar-refractivity contribution in [3.8, 4) is 5.75 Å². The molecular formula is C17H24O3. The highest BCUT2D eigenvalue weighted by atomic mass is 16.5. The van der Waals surface area contributed by atoms with Crippen LogP contribution in [0, 0.1) is 0 Å². The van der Waals surface area contributed by atoms with E-state index < -0.39 is 11.4 Å².